The number of morpholine rings is 1. The van der Waals surface area contributed by atoms with Crippen molar-refractivity contribution in [2.75, 3.05) is 26.3 Å². The summed E-state index contributed by atoms with van der Waals surface area (Å²) in [6, 6.07) is 16.5. The van der Waals surface area contributed by atoms with Gasteiger partial charge in [-0.1, -0.05) is 24.3 Å². The van der Waals surface area contributed by atoms with E-state index < -0.39 is 0 Å². The first-order chi connectivity index (χ1) is 11.4. The van der Waals surface area contributed by atoms with Gasteiger partial charge in [0.05, 0.1) is 44.3 Å². The van der Waals surface area contributed by atoms with E-state index in [1.54, 1.807) is 0 Å². The highest BCUT2D eigenvalue weighted by Gasteiger charge is 2.18. The number of imidazole rings is 1. The quantitative estimate of drug-likeness (QED) is 0.595. The lowest BCUT2D eigenvalue weighted by Crippen LogP contribution is -2.32. The van der Waals surface area contributed by atoms with Gasteiger partial charge >= 0.3 is 0 Å². The molecule has 0 amide bonds. The molecule has 0 atom stereocenters. The zero-order valence-corrected chi connectivity index (χ0v) is 12.9. The van der Waals surface area contributed by atoms with Crippen molar-refractivity contribution in [3.63, 3.8) is 0 Å². The second kappa shape index (κ2) is 6.22. The number of H-pyrrole nitrogens is 1. The molecule has 0 saturated carbocycles. The third-order valence-electron chi connectivity index (χ3n) is 4.01. The Kier molecular flexibility index (Phi) is 3.78. The van der Waals surface area contributed by atoms with E-state index in [-0.39, 0.29) is 0 Å². The molecule has 1 aliphatic heterocycles. The Hall–Kier alpha value is -2.66. The molecule has 0 bridgehead atoms. The van der Waals surface area contributed by atoms with Crippen molar-refractivity contribution in [1.82, 2.24) is 9.99 Å². The van der Waals surface area contributed by atoms with E-state index in [0.29, 0.717) is 0 Å². The maximum absolute atomic E-state index is 5.36. The van der Waals surface area contributed by atoms with Crippen LogP contribution in [0.3, 0.4) is 0 Å². The van der Waals surface area contributed by atoms with Gasteiger partial charge in [0, 0.05) is 0 Å². The Morgan fingerprint density at radius 3 is 2.65 bits per heavy atom. The number of benzene rings is 1. The van der Waals surface area contributed by atoms with Crippen molar-refractivity contribution in [2.24, 2.45) is 5.10 Å². The molecule has 0 unspecified atom stereocenters. The van der Waals surface area contributed by atoms with Gasteiger partial charge in [0.1, 0.15) is 0 Å². The summed E-state index contributed by atoms with van der Waals surface area (Å²) in [7, 11) is 0. The monoisotopic (exact) mass is 307 g/mol. The van der Waals surface area contributed by atoms with Gasteiger partial charge in [-0.2, -0.15) is 9.50 Å². The van der Waals surface area contributed by atoms with Crippen LogP contribution in [0.5, 0.6) is 0 Å². The number of hydrogen-bond acceptors (Lipinski definition) is 3. The van der Waals surface area contributed by atoms with Crippen LogP contribution in [0.4, 0.5) is 0 Å². The van der Waals surface area contributed by atoms with E-state index in [1.807, 2.05) is 41.6 Å². The van der Waals surface area contributed by atoms with E-state index in [9.17, 15) is 0 Å². The van der Waals surface area contributed by atoms with Gasteiger partial charge in [-0.05, 0) is 24.3 Å². The number of ether oxygens (including phenoxy) is 1. The number of fused-ring (bicyclic) bond motifs is 1. The van der Waals surface area contributed by atoms with Gasteiger partial charge in [0.15, 0.2) is 11.2 Å². The summed E-state index contributed by atoms with van der Waals surface area (Å²) in [5, 5.41) is 6.64. The summed E-state index contributed by atoms with van der Waals surface area (Å²) in [5.74, 6) is 1.06. The predicted molar refractivity (Wildman–Crippen MR) is 89.4 cm³/mol. The van der Waals surface area contributed by atoms with Crippen molar-refractivity contribution in [1.29, 1.82) is 0 Å². The number of rotatable bonds is 3. The summed E-state index contributed by atoms with van der Waals surface area (Å²) >= 11 is 0. The zero-order valence-electron chi connectivity index (χ0n) is 12.9. The van der Waals surface area contributed by atoms with Crippen molar-refractivity contribution < 1.29 is 9.14 Å². The summed E-state index contributed by atoms with van der Waals surface area (Å²) in [6.45, 7) is 3.17. The van der Waals surface area contributed by atoms with Crippen molar-refractivity contribution >= 4 is 11.7 Å². The molecule has 5 nitrogen and oxygen atoms in total. The lowest BCUT2D eigenvalue weighted by molar-refractivity contribution is -0.498. The molecular weight excluding hydrogens is 288 g/mol. The SMILES string of the molecule is C(=N\N1CCOCC1)/c1[nH]c(-c2ccccc2)[n+]2ccccc12. The smallest absolute Gasteiger partial charge is 0.292 e. The van der Waals surface area contributed by atoms with Crippen LogP contribution in [0.25, 0.3) is 16.9 Å². The first-order valence-electron chi connectivity index (χ1n) is 7.86. The average Bonchev–Trinajstić information content (AvgIpc) is 3.01. The van der Waals surface area contributed by atoms with Crippen LogP contribution in [0.15, 0.2) is 59.8 Å². The molecule has 2 aromatic heterocycles. The van der Waals surface area contributed by atoms with Gasteiger partial charge in [0.2, 0.25) is 0 Å². The molecule has 1 aliphatic rings. The van der Waals surface area contributed by atoms with E-state index in [0.717, 1.165) is 48.9 Å². The van der Waals surface area contributed by atoms with Crippen LogP contribution < -0.4 is 4.40 Å². The summed E-state index contributed by atoms with van der Waals surface area (Å²) in [5.41, 5.74) is 3.28. The molecule has 0 radical (unpaired) electrons. The minimum absolute atomic E-state index is 0.743. The molecular formula is C18H19N4O+. The maximum Gasteiger partial charge on any atom is 0.292 e. The highest BCUT2D eigenvalue weighted by atomic mass is 16.5. The fourth-order valence-corrected chi connectivity index (χ4v) is 2.82. The van der Waals surface area contributed by atoms with Crippen LogP contribution >= 0.6 is 0 Å². The standard InChI is InChI=1S/C18H18N4O/c1-2-6-15(7-3-1)18-20-16(17-8-4-5-9-22(17)18)14-19-21-10-12-23-13-11-21/h1-9,14H,10-13H2/p+1/b19-14+. The average molecular weight is 307 g/mol. The molecule has 1 saturated heterocycles. The third-order valence-corrected chi connectivity index (χ3v) is 4.01. The zero-order chi connectivity index (χ0) is 15.5. The second-order valence-electron chi connectivity index (χ2n) is 5.52. The van der Waals surface area contributed by atoms with Gasteiger partial charge in [-0.25, -0.2) is 4.98 Å². The molecule has 0 aliphatic carbocycles. The van der Waals surface area contributed by atoms with E-state index in [4.69, 9.17) is 4.74 Å². The number of hydrazone groups is 1. The topological polar surface area (TPSA) is 44.7 Å². The fourth-order valence-electron chi connectivity index (χ4n) is 2.82. The second-order valence-corrected chi connectivity index (χ2v) is 5.52. The normalized spacial score (nSPS) is 15.6. The molecule has 5 heteroatoms. The van der Waals surface area contributed by atoms with Crippen LogP contribution in [-0.2, 0) is 4.74 Å². The number of pyridine rings is 1. The Morgan fingerprint density at radius 2 is 1.83 bits per heavy atom. The Labute approximate surface area is 134 Å². The Bertz CT molecular complexity index is 819. The summed E-state index contributed by atoms with van der Waals surface area (Å²) in [4.78, 5) is 3.50. The number of nitrogens with one attached hydrogen (secondary N) is 1. The summed E-state index contributed by atoms with van der Waals surface area (Å²) in [6.07, 6.45) is 3.98. The fraction of sp³-hybridized carbons (Fsp3) is 0.222. The number of nitrogens with zero attached hydrogens (tertiary/aromatic N) is 3. The minimum Gasteiger partial charge on any atom is -0.378 e. The molecule has 3 aromatic rings. The van der Waals surface area contributed by atoms with E-state index >= 15 is 0 Å². The van der Waals surface area contributed by atoms with Crippen LogP contribution in [-0.4, -0.2) is 42.5 Å². The first-order valence-corrected chi connectivity index (χ1v) is 7.86. The van der Waals surface area contributed by atoms with Gasteiger partial charge in [0.25, 0.3) is 5.82 Å². The van der Waals surface area contributed by atoms with E-state index in [1.165, 1.54) is 0 Å². The van der Waals surface area contributed by atoms with Crippen LogP contribution in [0, 0.1) is 0 Å². The highest BCUT2D eigenvalue weighted by Crippen LogP contribution is 2.16. The number of hydrogen-bond donors (Lipinski definition) is 1. The van der Waals surface area contributed by atoms with Crippen molar-refractivity contribution in [3.8, 4) is 11.4 Å². The molecule has 1 fully saturated rings. The van der Waals surface area contributed by atoms with Gasteiger partial charge in [-0.3, -0.25) is 5.01 Å². The van der Waals surface area contributed by atoms with Gasteiger partial charge < -0.3 is 4.74 Å². The summed E-state index contributed by atoms with van der Waals surface area (Å²) < 4.78 is 7.52. The highest BCUT2D eigenvalue weighted by molar-refractivity contribution is 5.86. The lowest BCUT2D eigenvalue weighted by Gasteiger charge is -2.23. The predicted octanol–water partition coefficient (Wildman–Crippen LogP) is 2.09. The van der Waals surface area contributed by atoms with Gasteiger partial charge in [-0.15, -0.1) is 0 Å². The molecule has 0 spiro atoms. The molecule has 4 rings (SSSR count). The number of aromatic nitrogens is 2. The van der Waals surface area contributed by atoms with Crippen LogP contribution in [0.2, 0.25) is 0 Å². The maximum atomic E-state index is 5.36. The Morgan fingerprint density at radius 1 is 1.04 bits per heavy atom. The molecule has 1 N–H and O–H groups in total. The Balaban J connectivity index is 1.74. The van der Waals surface area contributed by atoms with Crippen molar-refractivity contribution in [3.05, 3.63) is 60.4 Å². The largest absolute Gasteiger partial charge is 0.378 e. The molecule has 3 heterocycles. The third kappa shape index (κ3) is 2.83. The first kappa shape index (κ1) is 14.0. The lowest BCUT2D eigenvalue weighted by atomic mass is 10.2. The minimum atomic E-state index is 0.743. The van der Waals surface area contributed by atoms with Crippen molar-refractivity contribution in [2.45, 2.75) is 0 Å². The molecule has 1 aromatic carbocycles. The molecule has 116 valence electrons. The number of aromatic amines is 1. The molecule has 23 heavy (non-hydrogen) atoms. The van der Waals surface area contributed by atoms with E-state index in [2.05, 4.69) is 38.9 Å². The van der Waals surface area contributed by atoms with Crippen LogP contribution in [0.1, 0.15) is 5.69 Å².